The molecule has 8 heteroatoms. The monoisotopic (exact) mass is 330 g/mol. The molecule has 0 radical (unpaired) electrons. The van der Waals surface area contributed by atoms with Gasteiger partial charge in [0.1, 0.15) is 17.0 Å². The van der Waals surface area contributed by atoms with E-state index < -0.39 is 12.6 Å². The van der Waals surface area contributed by atoms with Crippen molar-refractivity contribution >= 4 is 27.4 Å². The summed E-state index contributed by atoms with van der Waals surface area (Å²) >= 11 is 1.08. The minimum Gasteiger partial charge on any atom is -0.367 e. The Balaban J connectivity index is 1.80. The molecule has 120 valence electrons. The van der Waals surface area contributed by atoms with Gasteiger partial charge in [-0.05, 0) is 39.0 Å². The predicted octanol–water partition coefficient (Wildman–Crippen LogP) is 3.30. The van der Waals surface area contributed by atoms with E-state index in [4.69, 9.17) is 0 Å². The second kappa shape index (κ2) is 6.00. The second-order valence-corrected chi connectivity index (χ2v) is 6.78. The first-order valence-corrected chi connectivity index (χ1v) is 7.97. The van der Waals surface area contributed by atoms with Crippen LogP contribution in [0.4, 0.5) is 19.0 Å². The number of likely N-dealkylation sites (tertiary alicyclic amines) is 1. The third-order valence-electron chi connectivity index (χ3n) is 3.81. The molecule has 0 bridgehead atoms. The van der Waals surface area contributed by atoms with E-state index in [1.807, 2.05) is 0 Å². The highest BCUT2D eigenvalue weighted by molar-refractivity contribution is 7.18. The number of rotatable bonds is 3. The van der Waals surface area contributed by atoms with Crippen LogP contribution in [-0.4, -0.2) is 47.2 Å². The number of hydrogen-bond donors (Lipinski definition) is 1. The maximum absolute atomic E-state index is 12.5. The first-order chi connectivity index (χ1) is 10.4. The highest BCUT2D eigenvalue weighted by Crippen LogP contribution is 2.33. The van der Waals surface area contributed by atoms with Gasteiger partial charge in [0.25, 0.3) is 0 Å². The van der Waals surface area contributed by atoms with Crippen LogP contribution in [0.15, 0.2) is 12.4 Å². The summed E-state index contributed by atoms with van der Waals surface area (Å²) in [4.78, 5) is 11.4. The second-order valence-electron chi connectivity index (χ2n) is 5.67. The standard InChI is InChI=1S/C14H17F3N4S/c1-21-4-2-9(3-5-21)20-12-11-6-10(7-14(15,16)17)22-13(11)19-8-18-12/h6,8-9H,2-5,7H2,1H3,(H,18,19,20). The number of nitrogens with one attached hydrogen (secondary N) is 1. The lowest BCUT2D eigenvalue weighted by Crippen LogP contribution is -2.36. The van der Waals surface area contributed by atoms with Gasteiger partial charge in [-0.25, -0.2) is 9.97 Å². The van der Waals surface area contributed by atoms with Crippen LogP contribution in [0.25, 0.3) is 10.2 Å². The van der Waals surface area contributed by atoms with Crippen molar-refractivity contribution in [3.63, 3.8) is 0 Å². The maximum atomic E-state index is 12.5. The number of nitrogens with zero attached hydrogens (tertiary/aromatic N) is 3. The molecule has 2 aromatic heterocycles. The molecule has 0 spiro atoms. The van der Waals surface area contributed by atoms with Crippen LogP contribution in [0.2, 0.25) is 0 Å². The largest absolute Gasteiger partial charge is 0.393 e. The van der Waals surface area contributed by atoms with Crippen LogP contribution < -0.4 is 5.32 Å². The van der Waals surface area contributed by atoms with E-state index in [0.29, 0.717) is 22.1 Å². The molecule has 4 nitrogen and oxygen atoms in total. The van der Waals surface area contributed by atoms with Gasteiger partial charge >= 0.3 is 6.18 Å². The fourth-order valence-corrected chi connectivity index (χ4v) is 3.68. The Morgan fingerprint density at radius 1 is 1.32 bits per heavy atom. The molecular formula is C14H17F3N4S. The number of alkyl halides is 3. The lowest BCUT2D eigenvalue weighted by atomic mass is 10.1. The van der Waals surface area contributed by atoms with Crippen molar-refractivity contribution in [3.05, 3.63) is 17.3 Å². The number of fused-ring (bicyclic) bond motifs is 1. The molecule has 1 aliphatic rings. The van der Waals surface area contributed by atoms with Gasteiger partial charge in [-0.15, -0.1) is 11.3 Å². The van der Waals surface area contributed by atoms with E-state index in [2.05, 4.69) is 27.2 Å². The molecule has 22 heavy (non-hydrogen) atoms. The Morgan fingerprint density at radius 3 is 2.73 bits per heavy atom. The van der Waals surface area contributed by atoms with Crippen LogP contribution in [-0.2, 0) is 6.42 Å². The predicted molar refractivity (Wildman–Crippen MR) is 81.3 cm³/mol. The van der Waals surface area contributed by atoms with Gasteiger partial charge in [0.15, 0.2) is 0 Å². The SMILES string of the molecule is CN1CCC(Nc2ncnc3sc(CC(F)(F)F)cc23)CC1. The first-order valence-electron chi connectivity index (χ1n) is 7.16. The third kappa shape index (κ3) is 3.67. The lowest BCUT2D eigenvalue weighted by Gasteiger charge is -2.29. The Hall–Kier alpha value is -1.41. The number of piperidine rings is 1. The van der Waals surface area contributed by atoms with Crippen LogP contribution in [0, 0.1) is 0 Å². The molecule has 1 aliphatic heterocycles. The van der Waals surface area contributed by atoms with Crippen molar-refractivity contribution < 1.29 is 13.2 Å². The summed E-state index contributed by atoms with van der Waals surface area (Å²) in [6.07, 6.45) is -1.70. The Bertz CT molecular complexity index is 647. The zero-order valence-corrected chi connectivity index (χ0v) is 13.0. The average Bonchev–Trinajstić information content (AvgIpc) is 2.82. The molecule has 0 unspecified atom stereocenters. The average molecular weight is 330 g/mol. The Kier molecular flexibility index (Phi) is 4.22. The summed E-state index contributed by atoms with van der Waals surface area (Å²) in [5, 5.41) is 4.05. The summed E-state index contributed by atoms with van der Waals surface area (Å²) in [5.41, 5.74) is 0. The molecule has 1 saturated heterocycles. The highest BCUT2D eigenvalue weighted by atomic mass is 32.1. The van der Waals surface area contributed by atoms with E-state index in [1.54, 1.807) is 6.07 Å². The van der Waals surface area contributed by atoms with Gasteiger partial charge < -0.3 is 10.2 Å². The fourth-order valence-electron chi connectivity index (χ4n) is 2.65. The summed E-state index contributed by atoms with van der Waals surface area (Å²) < 4.78 is 37.6. The minimum atomic E-state index is -4.20. The van der Waals surface area contributed by atoms with E-state index in [0.717, 1.165) is 37.3 Å². The van der Waals surface area contributed by atoms with Crippen LogP contribution >= 0.6 is 11.3 Å². The van der Waals surface area contributed by atoms with Crippen molar-refractivity contribution in [3.8, 4) is 0 Å². The summed E-state index contributed by atoms with van der Waals surface area (Å²) in [6.45, 7) is 2.02. The topological polar surface area (TPSA) is 41.0 Å². The summed E-state index contributed by atoms with van der Waals surface area (Å²) in [7, 11) is 2.08. The Labute approximate surface area is 130 Å². The lowest BCUT2D eigenvalue weighted by molar-refractivity contribution is -0.126. The molecule has 0 aliphatic carbocycles. The molecule has 0 atom stereocenters. The first kappa shape index (κ1) is 15.5. The number of aromatic nitrogens is 2. The van der Waals surface area contributed by atoms with Gasteiger partial charge in [-0.2, -0.15) is 13.2 Å². The number of hydrogen-bond acceptors (Lipinski definition) is 5. The van der Waals surface area contributed by atoms with Gasteiger partial charge in [0.05, 0.1) is 11.8 Å². The van der Waals surface area contributed by atoms with Crippen molar-refractivity contribution in [2.45, 2.75) is 31.5 Å². The van der Waals surface area contributed by atoms with Gasteiger partial charge in [-0.1, -0.05) is 0 Å². The maximum Gasteiger partial charge on any atom is 0.393 e. The normalized spacial score (nSPS) is 18.0. The van der Waals surface area contributed by atoms with Gasteiger partial charge in [0, 0.05) is 10.9 Å². The highest BCUT2D eigenvalue weighted by Gasteiger charge is 2.29. The molecule has 2 aromatic rings. The quantitative estimate of drug-likeness (QED) is 0.937. The number of anilines is 1. The van der Waals surface area contributed by atoms with E-state index in [1.165, 1.54) is 6.33 Å². The van der Waals surface area contributed by atoms with Crippen LogP contribution in [0.1, 0.15) is 17.7 Å². The van der Waals surface area contributed by atoms with Crippen LogP contribution in [0.3, 0.4) is 0 Å². The molecule has 0 aromatic carbocycles. The Morgan fingerprint density at radius 2 is 2.05 bits per heavy atom. The molecule has 1 fully saturated rings. The molecular weight excluding hydrogens is 313 g/mol. The molecule has 0 saturated carbocycles. The van der Waals surface area contributed by atoms with Gasteiger partial charge in [0.2, 0.25) is 0 Å². The summed E-state index contributed by atoms with van der Waals surface area (Å²) in [6, 6.07) is 1.87. The number of thiophene rings is 1. The summed E-state index contributed by atoms with van der Waals surface area (Å²) in [5.74, 6) is 0.643. The fraction of sp³-hybridized carbons (Fsp3) is 0.571. The number of halogens is 3. The molecule has 0 amide bonds. The minimum absolute atomic E-state index is 0.273. The zero-order chi connectivity index (χ0) is 15.7. The smallest absolute Gasteiger partial charge is 0.367 e. The molecule has 1 N–H and O–H groups in total. The van der Waals surface area contributed by atoms with Crippen LogP contribution in [0.5, 0.6) is 0 Å². The van der Waals surface area contributed by atoms with Crippen molar-refractivity contribution in [2.75, 3.05) is 25.5 Å². The van der Waals surface area contributed by atoms with Gasteiger partial charge in [-0.3, -0.25) is 0 Å². The molecule has 3 rings (SSSR count). The van der Waals surface area contributed by atoms with Crippen molar-refractivity contribution in [1.82, 2.24) is 14.9 Å². The van der Waals surface area contributed by atoms with Crippen molar-refractivity contribution in [2.24, 2.45) is 0 Å². The zero-order valence-electron chi connectivity index (χ0n) is 12.2. The van der Waals surface area contributed by atoms with E-state index >= 15 is 0 Å². The molecule has 3 heterocycles. The van der Waals surface area contributed by atoms with E-state index in [9.17, 15) is 13.2 Å². The van der Waals surface area contributed by atoms with Crippen molar-refractivity contribution in [1.29, 1.82) is 0 Å². The van der Waals surface area contributed by atoms with E-state index in [-0.39, 0.29) is 4.88 Å². The third-order valence-corrected chi connectivity index (χ3v) is 4.86.